The third-order valence-corrected chi connectivity index (χ3v) is 4.33. The zero-order valence-corrected chi connectivity index (χ0v) is 15.8. The lowest BCUT2D eigenvalue weighted by Gasteiger charge is -2.10. The van der Waals surface area contributed by atoms with E-state index in [2.05, 4.69) is 26.0 Å². The van der Waals surface area contributed by atoms with E-state index in [1.54, 1.807) is 12.4 Å². The van der Waals surface area contributed by atoms with Crippen LogP contribution in [-0.4, -0.2) is 15.9 Å². The monoisotopic (exact) mass is 418 g/mol. The van der Waals surface area contributed by atoms with Crippen LogP contribution in [0.4, 0.5) is 5.95 Å². The van der Waals surface area contributed by atoms with Gasteiger partial charge in [0.15, 0.2) is 0 Å². The van der Waals surface area contributed by atoms with Crippen LogP contribution in [0.3, 0.4) is 0 Å². The molecule has 2 aromatic carbocycles. The summed E-state index contributed by atoms with van der Waals surface area (Å²) in [5, 5.41) is 5.03. The molecule has 25 heavy (non-hydrogen) atoms. The van der Waals surface area contributed by atoms with Gasteiger partial charge < -0.3 is 10.5 Å². The molecule has 0 unspecified atom stereocenters. The molecule has 7 heteroatoms. The van der Waals surface area contributed by atoms with Crippen molar-refractivity contribution in [3.63, 3.8) is 0 Å². The van der Waals surface area contributed by atoms with Crippen LogP contribution in [0.15, 0.2) is 58.2 Å². The average molecular weight is 420 g/mol. The van der Waals surface area contributed by atoms with Gasteiger partial charge in [-0.2, -0.15) is 5.10 Å². The Labute approximate surface area is 159 Å². The van der Waals surface area contributed by atoms with Crippen LogP contribution in [0.5, 0.6) is 5.75 Å². The number of aryl methyl sites for hydroxylation is 1. The molecule has 3 aromatic rings. The summed E-state index contributed by atoms with van der Waals surface area (Å²) in [5.41, 5.74) is 8.35. The second-order valence-corrected chi connectivity index (χ2v) is 6.71. The lowest BCUT2D eigenvalue weighted by Crippen LogP contribution is -2.01. The van der Waals surface area contributed by atoms with Gasteiger partial charge in [-0.05, 0) is 31.2 Å². The largest absolute Gasteiger partial charge is 0.488 e. The van der Waals surface area contributed by atoms with Crippen molar-refractivity contribution in [2.75, 3.05) is 5.73 Å². The van der Waals surface area contributed by atoms with Crippen LogP contribution in [-0.2, 0) is 6.61 Å². The van der Waals surface area contributed by atoms with Crippen molar-refractivity contribution >= 4 is 39.7 Å². The normalized spacial score (nSPS) is 11.2. The number of benzene rings is 2. The number of hydrogen-bond acceptors (Lipinski definition) is 4. The maximum Gasteiger partial charge on any atom is 0.221 e. The highest BCUT2D eigenvalue weighted by Crippen LogP contribution is 2.24. The standard InChI is InChI=1S/C18H16BrClN4O/c1-12-10-24(18(21)23-12)22-9-14-8-15(19)6-7-17(14)25-11-13-4-2-3-5-16(13)20/h2-10H,11H2,1H3,(H2,21,23). The number of hydrogen-bond donors (Lipinski definition) is 1. The molecule has 0 aliphatic rings. The first kappa shape index (κ1) is 17.5. The third kappa shape index (κ3) is 4.41. The number of nitrogens with zero attached hydrogens (tertiary/aromatic N) is 3. The topological polar surface area (TPSA) is 65.4 Å². The highest BCUT2D eigenvalue weighted by molar-refractivity contribution is 9.10. The van der Waals surface area contributed by atoms with E-state index < -0.39 is 0 Å². The summed E-state index contributed by atoms with van der Waals surface area (Å²) >= 11 is 9.65. The van der Waals surface area contributed by atoms with Crippen molar-refractivity contribution in [1.82, 2.24) is 9.66 Å². The van der Waals surface area contributed by atoms with Gasteiger partial charge in [-0.25, -0.2) is 9.66 Å². The minimum atomic E-state index is 0.335. The van der Waals surface area contributed by atoms with E-state index in [9.17, 15) is 0 Å². The van der Waals surface area contributed by atoms with Gasteiger partial charge in [0.25, 0.3) is 0 Å². The van der Waals surface area contributed by atoms with E-state index in [1.807, 2.05) is 49.4 Å². The number of nitrogens with two attached hydrogens (primary N) is 1. The Balaban J connectivity index is 1.83. The predicted molar refractivity (Wildman–Crippen MR) is 104 cm³/mol. The van der Waals surface area contributed by atoms with Gasteiger partial charge in [0.05, 0.1) is 18.1 Å². The molecule has 2 N–H and O–H groups in total. The Hall–Kier alpha value is -2.31. The summed E-state index contributed by atoms with van der Waals surface area (Å²) in [6, 6.07) is 13.3. The van der Waals surface area contributed by atoms with Crippen molar-refractivity contribution in [3.05, 3.63) is 75.0 Å². The number of rotatable bonds is 5. The van der Waals surface area contributed by atoms with Crippen molar-refractivity contribution in [2.24, 2.45) is 5.10 Å². The Bertz CT molecular complexity index is 923. The van der Waals surface area contributed by atoms with E-state index in [4.69, 9.17) is 22.1 Å². The summed E-state index contributed by atoms with van der Waals surface area (Å²) in [6.45, 7) is 2.23. The van der Waals surface area contributed by atoms with Gasteiger partial charge in [-0.1, -0.05) is 45.7 Å². The molecule has 0 aliphatic heterocycles. The van der Waals surface area contributed by atoms with Crippen LogP contribution in [0.2, 0.25) is 5.02 Å². The first-order chi connectivity index (χ1) is 12.0. The second kappa shape index (κ2) is 7.72. The quantitative estimate of drug-likeness (QED) is 0.612. The summed E-state index contributed by atoms with van der Waals surface area (Å²) in [5.74, 6) is 1.03. The fourth-order valence-corrected chi connectivity index (χ4v) is 2.81. The molecular weight excluding hydrogens is 404 g/mol. The number of nitrogen functional groups attached to an aromatic ring is 1. The van der Waals surface area contributed by atoms with Crippen LogP contribution in [0.25, 0.3) is 0 Å². The number of halogens is 2. The van der Waals surface area contributed by atoms with Gasteiger partial charge in [-0.3, -0.25) is 0 Å². The van der Waals surface area contributed by atoms with Gasteiger partial charge in [0.1, 0.15) is 12.4 Å². The molecule has 0 spiro atoms. The highest BCUT2D eigenvalue weighted by Gasteiger charge is 2.06. The van der Waals surface area contributed by atoms with Crippen LogP contribution in [0, 0.1) is 6.92 Å². The van der Waals surface area contributed by atoms with Gasteiger partial charge >= 0.3 is 0 Å². The van der Waals surface area contributed by atoms with E-state index in [-0.39, 0.29) is 0 Å². The molecule has 0 amide bonds. The Morgan fingerprint density at radius 1 is 1.32 bits per heavy atom. The molecule has 0 fully saturated rings. The lowest BCUT2D eigenvalue weighted by atomic mass is 10.2. The van der Waals surface area contributed by atoms with Crippen LogP contribution < -0.4 is 10.5 Å². The first-order valence-electron chi connectivity index (χ1n) is 7.54. The fraction of sp³-hybridized carbons (Fsp3) is 0.111. The maximum absolute atomic E-state index is 6.18. The second-order valence-electron chi connectivity index (χ2n) is 5.39. The van der Waals surface area contributed by atoms with E-state index in [0.29, 0.717) is 23.3 Å². The molecule has 1 heterocycles. The third-order valence-electron chi connectivity index (χ3n) is 3.47. The Morgan fingerprint density at radius 3 is 2.84 bits per heavy atom. The molecule has 0 bridgehead atoms. The van der Waals surface area contributed by atoms with Crippen molar-refractivity contribution < 1.29 is 4.74 Å². The lowest BCUT2D eigenvalue weighted by molar-refractivity contribution is 0.306. The number of ether oxygens (including phenoxy) is 1. The molecule has 5 nitrogen and oxygen atoms in total. The predicted octanol–water partition coefficient (Wildman–Crippen LogP) is 4.65. The fourth-order valence-electron chi connectivity index (χ4n) is 2.24. The van der Waals surface area contributed by atoms with Crippen LogP contribution in [0.1, 0.15) is 16.8 Å². The molecule has 3 rings (SSSR count). The highest BCUT2D eigenvalue weighted by atomic mass is 79.9. The summed E-state index contributed by atoms with van der Waals surface area (Å²) < 4.78 is 8.38. The zero-order chi connectivity index (χ0) is 17.8. The van der Waals surface area contributed by atoms with Gasteiger partial charge in [0.2, 0.25) is 5.95 Å². The molecule has 128 valence electrons. The zero-order valence-electron chi connectivity index (χ0n) is 13.5. The number of anilines is 1. The van der Waals surface area contributed by atoms with Gasteiger partial charge in [-0.15, -0.1) is 0 Å². The van der Waals surface area contributed by atoms with Crippen molar-refractivity contribution in [1.29, 1.82) is 0 Å². The SMILES string of the molecule is Cc1cn(N=Cc2cc(Br)ccc2OCc2ccccc2Cl)c(N)n1. The summed E-state index contributed by atoms with van der Waals surface area (Å²) in [7, 11) is 0. The van der Waals surface area contributed by atoms with Crippen molar-refractivity contribution in [2.45, 2.75) is 13.5 Å². The minimum Gasteiger partial charge on any atom is -0.488 e. The first-order valence-corrected chi connectivity index (χ1v) is 8.71. The Morgan fingerprint density at radius 2 is 2.12 bits per heavy atom. The molecule has 0 radical (unpaired) electrons. The summed E-state index contributed by atoms with van der Waals surface area (Å²) in [4.78, 5) is 4.12. The molecule has 0 atom stereocenters. The number of imidazole rings is 1. The smallest absolute Gasteiger partial charge is 0.221 e. The molecule has 0 saturated heterocycles. The van der Waals surface area contributed by atoms with Crippen LogP contribution >= 0.6 is 27.5 Å². The molecule has 0 aliphatic carbocycles. The average Bonchev–Trinajstić information content (AvgIpc) is 2.91. The summed E-state index contributed by atoms with van der Waals surface area (Å²) in [6.07, 6.45) is 3.44. The van der Waals surface area contributed by atoms with E-state index >= 15 is 0 Å². The number of aromatic nitrogens is 2. The van der Waals surface area contributed by atoms with Crippen molar-refractivity contribution in [3.8, 4) is 5.75 Å². The van der Waals surface area contributed by atoms with Gasteiger partial charge in [0, 0.05) is 20.6 Å². The Kier molecular flexibility index (Phi) is 5.40. The molecule has 1 aromatic heterocycles. The molecular formula is C18H16BrClN4O. The minimum absolute atomic E-state index is 0.335. The van der Waals surface area contributed by atoms with E-state index in [0.717, 1.165) is 21.3 Å². The molecule has 0 saturated carbocycles. The maximum atomic E-state index is 6.18. The van der Waals surface area contributed by atoms with E-state index in [1.165, 1.54) is 4.68 Å².